The zero-order valence-corrected chi connectivity index (χ0v) is 20.2. The van der Waals surface area contributed by atoms with Crippen molar-refractivity contribution in [1.29, 1.82) is 0 Å². The van der Waals surface area contributed by atoms with Crippen molar-refractivity contribution in [3.63, 3.8) is 0 Å². The summed E-state index contributed by atoms with van der Waals surface area (Å²) in [6.07, 6.45) is 2.58. The Morgan fingerprint density at radius 3 is 2.41 bits per heavy atom. The van der Waals surface area contributed by atoms with Gasteiger partial charge in [-0.1, -0.05) is 66.7 Å². The Bertz CT molecular complexity index is 1480. The molecule has 2 amide bonds. The second kappa shape index (κ2) is 9.74. The number of para-hydroxylation sites is 1. The topological polar surface area (TPSA) is 73.8 Å². The van der Waals surface area contributed by atoms with E-state index < -0.39 is 0 Å². The SMILES string of the molecule is O=C(Nc1ccc(C(=O)N2CCC3NC=NC3c3ccccc32)cc1)c1ccccc1-c1ccccc1. The van der Waals surface area contributed by atoms with Crippen molar-refractivity contribution in [3.8, 4) is 11.1 Å². The first-order valence-electron chi connectivity index (χ1n) is 12.4. The zero-order valence-electron chi connectivity index (χ0n) is 20.2. The van der Waals surface area contributed by atoms with Crippen molar-refractivity contribution in [1.82, 2.24) is 5.32 Å². The summed E-state index contributed by atoms with van der Waals surface area (Å²) >= 11 is 0. The molecule has 4 aromatic rings. The summed E-state index contributed by atoms with van der Waals surface area (Å²) in [7, 11) is 0. The van der Waals surface area contributed by atoms with Gasteiger partial charge in [-0.2, -0.15) is 0 Å². The lowest BCUT2D eigenvalue weighted by molar-refractivity contribution is 0.0985. The highest BCUT2D eigenvalue weighted by Crippen LogP contribution is 2.37. The third-order valence-electron chi connectivity index (χ3n) is 7.01. The first-order valence-corrected chi connectivity index (χ1v) is 12.4. The number of aliphatic imine (C=N–C) groups is 1. The molecule has 0 saturated heterocycles. The van der Waals surface area contributed by atoms with Gasteiger partial charge in [0.25, 0.3) is 11.8 Å². The van der Waals surface area contributed by atoms with Crippen LogP contribution in [-0.2, 0) is 0 Å². The predicted molar refractivity (Wildman–Crippen MR) is 147 cm³/mol. The number of rotatable bonds is 4. The molecule has 0 aliphatic carbocycles. The monoisotopic (exact) mass is 486 g/mol. The number of nitrogens with one attached hydrogen (secondary N) is 2. The first-order chi connectivity index (χ1) is 18.2. The summed E-state index contributed by atoms with van der Waals surface area (Å²) in [5.41, 5.74) is 5.61. The lowest BCUT2D eigenvalue weighted by atomic mass is 9.99. The van der Waals surface area contributed by atoms with Crippen LogP contribution in [0.15, 0.2) is 108 Å². The van der Waals surface area contributed by atoms with E-state index in [4.69, 9.17) is 0 Å². The van der Waals surface area contributed by atoms with Gasteiger partial charge in [-0.25, -0.2) is 0 Å². The van der Waals surface area contributed by atoms with E-state index in [1.54, 1.807) is 30.6 Å². The third-order valence-corrected chi connectivity index (χ3v) is 7.01. The number of hydrogen-bond acceptors (Lipinski definition) is 4. The predicted octanol–water partition coefficient (Wildman–Crippen LogP) is 5.70. The van der Waals surface area contributed by atoms with E-state index in [-0.39, 0.29) is 23.9 Å². The molecular weight excluding hydrogens is 460 g/mol. The van der Waals surface area contributed by atoms with Crippen LogP contribution in [0.3, 0.4) is 0 Å². The van der Waals surface area contributed by atoms with Gasteiger partial charge in [-0.3, -0.25) is 14.6 Å². The van der Waals surface area contributed by atoms with Gasteiger partial charge < -0.3 is 15.5 Å². The quantitative estimate of drug-likeness (QED) is 0.389. The van der Waals surface area contributed by atoms with Gasteiger partial charge in [-0.15, -0.1) is 0 Å². The van der Waals surface area contributed by atoms with E-state index in [1.165, 1.54) is 0 Å². The van der Waals surface area contributed by atoms with E-state index in [9.17, 15) is 9.59 Å². The number of hydrogen-bond donors (Lipinski definition) is 2. The summed E-state index contributed by atoms with van der Waals surface area (Å²) in [4.78, 5) is 33.2. The van der Waals surface area contributed by atoms with E-state index in [0.717, 1.165) is 28.8 Å². The lowest BCUT2D eigenvalue weighted by Gasteiger charge is -2.23. The van der Waals surface area contributed by atoms with Gasteiger partial charge in [0.1, 0.15) is 0 Å². The second-order valence-electron chi connectivity index (χ2n) is 9.24. The number of anilines is 2. The van der Waals surface area contributed by atoms with Crippen LogP contribution in [0.2, 0.25) is 0 Å². The summed E-state index contributed by atoms with van der Waals surface area (Å²) in [6, 6.07) is 32.7. The molecular formula is C31H26N4O2. The number of nitrogens with zero attached hydrogens (tertiary/aromatic N) is 2. The molecule has 0 aromatic heterocycles. The molecule has 182 valence electrons. The number of carbonyl (C=O) groups excluding carboxylic acids is 2. The maximum absolute atomic E-state index is 13.6. The minimum absolute atomic E-state index is 0.0188. The molecule has 6 nitrogen and oxygen atoms in total. The molecule has 4 aromatic carbocycles. The standard InChI is InChI=1S/C31H26N4O2/c36-30(25-11-5-4-10-24(25)21-8-2-1-3-9-21)34-23-16-14-22(15-17-23)31(37)35-19-18-27-29(33-20-32-27)26-12-6-7-13-28(26)35/h1-17,20,27,29H,18-19H2,(H,32,33)(H,34,36). The molecule has 2 atom stereocenters. The maximum Gasteiger partial charge on any atom is 0.258 e. The van der Waals surface area contributed by atoms with E-state index in [2.05, 4.69) is 21.7 Å². The highest BCUT2D eigenvalue weighted by molar-refractivity contribution is 6.10. The zero-order chi connectivity index (χ0) is 25.2. The number of amides is 2. The number of carbonyl (C=O) groups is 2. The Kier molecular flexibility index (Phi) is 5.98. The molecule has 0 spiro atoms. The lowest BCUT2D eigenvalue weighted by Crippen LogP contribution is -2.34. The van der Waals surface area contributed by atoms with Gasteiger partial charge in [0.15, 0.2) is 0 Å². The minimum atomic E-state index is -0.195. The fraction of sp³-hybridized carbons (Fsp3) is 0.129. The Morgan fingerprint density at radius 1 is 0.838 bits per heavy atom. The van der Waals surface area contributed by atoms with Crippen LogP contribution < -0.4 is 15.5 Å². The van der Waals surface area contributed by atoms with Crippen molar-refractivity contribution in [2.75, 3.05) is 16.8 Å². The molecule has 0 saturated carbocycles. The van der Waals surface area contributed by atoms with Crippen molar-refractivity contribution in [2.45, 2.75) is 18.5 Å². The van der Waals surface area contributed by atoms with Crippen LogP contribution in [0.4, 0.5) is 11.4 Å². The highest BCUT2D eigenvalue weighted by atomic mass is 16.2. The Hall–Kier alpha value is -4.71. The normalized spacial score (nSPS) is 17.8. The summed E-state index contributed by atoms with van der Waals surface area (Å²) in [5.74, 6) is -0.261. The minimum Gasteiger partial charge on any atom is -0.371 e. The molecule has 2 aliphatic heterocycles. The van der Waals surface area contributed by atoms with Crippen LogP contribution >= 0.6 is 0 Å². The molecule has 6 heteroatoms. The van der Waals surface area contributed by atoms with Gasteiger partial charge in [0.2, 0.25) is 0 Å². The largest absolute Gasteiger partial charge is 0.371 e. The molecule has 2 N–H and O–H groups in total. The molecule has 6 rings (SSSR count). The molecule has 0 fully saturated rings. The number of benzene rings is 4. The van der Waals surface area contributed by atoms with E-state index >= 15 is 0 Å². The van der Waals surface area contributed by atoms with Gasteiger partial charge in [0, 0.05) is 34.6 Å². The van der Waals surface area contributed by atoms with Crippen LogP contribution in [-0.4, -0.2) is 30.7 Å². The van der Waals surface area contributed by atoms with Crippen molar-refractivity contribution < 1.29 is 9.59 Å². The highest BCUT2D eigenvalue weighted by Gasteiger charge is 2.34. The van der Waals surface area contributed by atoms with Crippen LogP contribution in [0.5, 0.6) is 0 Å². The van der Waals surface area contributed by atoms with Gasteiger partial charge in [-0.05, 0) is 53.9 Å². The number of fused-ring (bicyclic) bond motifs is 3. The van der Waals surface area contributed by atoms with Gasteiger partial charge in [0.05, 0.1) is 18.4 Å². The molecule has 37 heavy (non-hydrogen) atoms. The smallest absolute Gasteiger partial charge is 0.258 e. The average molecular weight is 487 g/mol. The Labute approximate surface area is 215 Å². The van der Waals surface area contributed by atoms with Crippen LogP contribution in [0.1, 0.15) is 38.7 Å². The molecule has 2 unspecified atom stereocenters. The molecule has 0 radical (unpaired) electrons. The van der Waals surface area contributed by atoms with Crippen molar-refractivity contribution >= 4 is 29.5 Å². The third kappa shape index (κ3) is 4.38. The van der Waals surface area contributed by atoms with E-state index in [1.807, 2.05) is 77.7 Å². The summed E-state index contributed by atoms with van der Waals surface area (Å²) in [6.45, 7) is 0.599. The second-order valence-corrected chi connectivity index (χ2v) is 9.24. The van der Waals surface area contributed by atoms with Crippen LogP contribution in [0.25, 0.3) is 11.1 Å². The summed E-state index contributed by atoms with van der Waals surface area (Å²) < 4.78 is 0. The van der Waals surface area contributed by atoms with Crippen molar-refractivity contribution in [3.05, 3.63) is 120 Å². The van der Waals surface area contributed by atoms with Gasteiger partial charge >= 0.3 is 0 Å². The van der Waals surface area contributed by atoms with E-state index in [0.29, 0.717) is 23.4 Å². The summed E-state index contributed by atoms with van der Waals surface area (Å²) in [5, 5.41) is 6.30. The average Bonchev–Trinajstić information content (AvgIpc) is 3.36. The Balaban J connectivity index is 1.22. The molecule has 0 bridgehead atoms. The maximum atomic E-state index is 13.6. The fourth-order valence-corrected chi connectivity index (χ4v) is 5.14. The van der Waals surface area contributed by atoms with Crippen LogP contribution in [0, 0.1) is 0 Å². The fourth-order valence-electron chi connectivity index (χ4n) is 5.14. The van der Waals surface area contributed by atoms with Crippen molar-refractivity contribution in [2.24, 2.45) is 4.99 Å². The first kappa shape index (κ1) is 22.7. The Morgan fingerprint density at radius 2 is 1.57 bits per heavy atom. The molecule has 2 aliphatic rings. The molecule has 2 heterocycles.